The van der Waals surface area contributed by atoms with E-state index in [1.54, 1.807) is 6.20 Å². The molecule has 0 bridgehead atoms. The van der Waals surface area contributed by atoms with Crippen LogP contribution in [0.5, 0.6) is 0 Å². The van der Waals surface area contributed by atoms with Crippen LogP contribution in [-0.2, 0) is 12.8 Å². The Labute approximate surface area is 191 Å². The summed E-state index contributed by atoms with van der Waals surface area (Å²) in [6, 6.07) is 9.64. The summed E-state index contributed by atoms with van der Waals surface area (Å²) >= 11 is 6.08. The first kappa shape index (κ1) is 20.0. The second kappa shape index (κ2) is 6.94. The Morgan fingerprint density at radius 1 is 1.19 bits per heavy atom. The molecule has 166 valence electrons. The highest BCUT2D eigenvalue weighted by Gasteiger charge is 2.71. The van der Waals surface area contributed by atoms with Crippen LogP contribution in [0, 0.1) is 11.3 Å². The van der Waals surface area contributed by atoms with Gasteiger partial charge < -0.3 is 26.6 Å². The Bertz CT molecular complexity index is 1240. The Morgan fingerprint density at radius 3 is 2.88 bits per heavy atom. The summed E-state index contributed by atoms with van der Waals surface area (Å²) in [5.74, 6) is 1.44. The van der Waals surface area contributed by atoms with Crippen molar-refractivity contribution in [1.82, 2.24) is 9.97 Å². The van der Waals surface area contributed by atoms with E-state index in [2.05, 4.69) is 20.9 Å². The van der Waals surface area contributed by atoms with Crippen LogP contribution in [0.15, 0.2) is 36.5 Å². The molecule has 6 rings (SSSR count). The monoisotopic (exact) mass is 451 g/mol. The van der Waals surface area contributed by atoms with Gasteiger partial charge in [-0.2, -0.15) is 0 Å². The van der Waals surface area contributed by atoms with E-state index >= 15 is 0 Å². The molecule has 2 aliphatic carbocycles. The van der Waals surface area contributed by atoms with Gasteiger partial charge >= 0.3 is 0 Å². The number of aliphatic hydroxyl groups excluding tert-OH is 2. The topological polar surface area (TPSA) is 122 Å². The summed E-state index contributed by atoms with van der Waals surface area (Å²) in [5, 5.41) is 23.4. The van der Waals surface area contributed by atoms with E-state index in [4.69, 9.17) is 23.1 Å². The van der Waals surface area contributed by atoms with Crippen LogP contribution in [0.1, 0.15) is 24.0 Å². The molecule has 0 unspecified atom stereocenters. The van der Waals surface area contributed by atoms with Crippen LogP contribution in [0.25, 0.3) is 10.9 Å². The maximum atomic E-state index is 11.0. The molecule has 8 heteroatoms. The number of rotatable bonds is 4. The summed E-state index contributed by atoms with van der Waals surface area (Å²) in [4.78, 5) is 11.1. The maximum Gasteiger partial charge on any atom is 0.142 e. The first-order valence-electron chi connectivity index (χ1n) is 11.1. The third kappa shape index (κ3) is 2.81. The number of pyridine rings is 2. The Kier molecular flexibility index (Phi) is 4.35. The van der Waals surface area contributed by atoms with Crippen LogP contribution in [-0.4, -0.2) is 45.0 Å². The summed E-state index contributed by atoms with van der Waals surface area (Å²) < 4.78 is 0. The number of aliphatic hydroxyl groups is 2. The molecule has 3 aliphatic rings. The zero-order valence-corrected chi connectivity index (χ0v) is 18.3. The van der Waals surface area contributed by atoms with E-state index < -0.39 is 12.2 Å². The number of aryl methyl sites for hydroxylation is 1. The number of benzene rings is 1. The highest BCUT2D eigenvalue weighted by atomic mass is 35.5. The van der Waals surface area contributed by atoms with Gasteiger partial charge in [-0.3, -0.25) is 0 Å². The number of hydrogen-bond acceptors (Lipinski definition) is 7. The molecule has 1 aliphatic heterocycles. The van der Waals surface area contributed by atoms with Gasteiger partial charge in [-0.1, -0.05) is 23.7 Å². The molecule has 32 heavy (non-hydrogen) atoms. The molecule has 6 N–H and O–H groups in total. The van der Waals surface area contributed by atoms with Gasteiger partial charge in [0.1, 0.15) is 17.7 Å². The van der Waals surface area contributed by atoms with Crippen molar-refractivity contribution in [3.8, 4) is 0 Å². The van der Waals surface area contributed by atoms with Crippen molar-refractivity contribution >= 4 is 39.8 Å². The average molecular weight is 452 g/mol. The third-order valence-electron chi connectivity index (χ3n) is 7.90. The summed E-state index contributed by atoms with van der Waals surface area (Å²) in [6.07, 6.45) is 3.54. The standard InChI is InChI=1S/C24H26ClN5O2/c25-16-10-13-2-1-12(9-18(13)29-22(16)27)3-6-24-11-15(24)19(20(31)21(24)32)30-8-5-14-17(26)4-7-28-23(14)30/h1-2,4,7,9-10,15,19-21,31-32H,3,5-6,8,11H2,(H2,26,28)(H2,27,29)/t15-,19-,20+,21+,24-/m1/s1. The van der Waals surface area contributed by atoms with Crippen molar-refractivity contribution in [2.75, 3.05) is 22.9 Å². The molecule has 0 saturated heterocycles. The lowest BCUT2D eigenvalue weighted by Gasteiger charge is -2.31. The molecule has 3 heterocycles. The SMILES string of the molecule is Nc1ccnc2c1CCN2[C@H]1[C@H](O)[C@H](O)[C@]2(CCc3ccc4cc(Cl)c(N)nc4c3)C[C@H]12. The molecule has 2 aromatic heterocycles. The summed E-state index contributed by atoms with van der Waals surface area (Å²) in [7, 11) is 0. The fourth-order valence-electron chi connectivity index (χ4n) is 6.12. The van der Waals surface area contributed by atoms with Crippen LogP contribution < -0.4 is 16.4 Å². The van der Waals surface area contributed by atoms with Crippen LogP contribution in [0.2, 0.25) is 5.02 Å². The minimum atomic E-state index is -0.789. The van der Waals surface area contributed by atoms with E-state index in [0.717, 1.165) is 65.8 Å². The van der Waals surface area contributed by atoms with Crippen molar-refractivity contribution in [1.29, 1.82) is 0 Å². The van der Waals surface area contributed by atoms with Crippen molar-refractivity contribution in [2.45, 2.75) is 43.9 Å². The lowest BCUT2D eigenvalue weighted by molar-refractivity contribution is -0.0107. The smallest absolute Gasteiger partial charge is 0.142 e. The number of anilines is 3. The van der Waals surface area contributed by atoms with Crippen molar-refractivity contribution in [3.05, 3.63) is 52.7 Å². The summed E-state index contributed by atoms with van der Waals surface area (Å²) in [6.45, 7) is 0.776. The molecule has 0 amide bonds. The number of nitrogens with zero attached hydrogens (tertiary/aromatic N) is 3. The fraction of sp³-hybridized carbons (Fsp3) is 0.417. The molecule has 2 saturated carbocycles. The number of hydrogen-bond donors (Lipinski definition) is 4. The maximum absolute atomic E-state index is 11.0. The molecule has 3 aromatic rings. The third-order valence-corrected chi connectivity index (χ3v) is 8.20. The van der Waals surface area contributed by atoms with Crippen LogP contribution in [0.3, 0.4) is 0 Å². The van der Waals surface area contributed by atoms with Gasteiger partial charge in [-0.15, -0.1) is 0 Å². The van der Waals surface area contributed by atoms with Gasteiger partial charge in [0.2, 0.25) is 0 Å². The second-order valence-corrected chi connectivity index (χ2v) is 9.91. The predicted molar refractivity (Wildman–Crippen MR) is 126 cm³/mol. The highest BCUT2D eigenvalue weighted by molar-refractivity contribution is 6.33. The number of nitrogen functional groups attached to an aromatic ring is 2. The Hall–Kier alpha value is -2.61. The zero-order chi connectivity index (χ0) is 22.2. The van der Waals surface area contributed by atoms with Gasteiger partial charge in [-0.05, 0) is 55.4 Å². The number of nitrogens with two attached hydrogens (primary N) is 2. The first-order chi connectivity index (χ1) is 15.4. The van der Waals surface area contributed by atoms with Crippen LogP contribution >= 0.6 is 11.6 Å². The minimum absolute atomic E-state index is 0.124. The molecular formula is C24H26ClN5O2. The molecule has 0 spiro atoms. The lowest BCUT2D eigenvalue weighted by Crippen LogP contribution is -2.46. The Balaban J connectivity index is 1.22. The molecule has 0 radical (unpaired) electrons. The minimum Gasteiger partial charge on any atom is -0.398 e. The summed E-state index contributed by atoms with van der Waals surface area (Å²) in [5.41, 5.74) is 15.5. The van der Waals surface area contributed by atoms with Crippen molar-refractivity contribution in [3.63, 3.8) is 0 Å². The largest absolute Gasteiger partial charge is 0.398 e. The van der Waals surface area contributed by atoms with Crippen LogP contribution in [0.4, 0.5) is 17.3 Å². The Morgan fingerprint density at radius 2 is 2.03 bits per heavy atom. The van der Waals surface area contributed by atoms with Gasteiger partial charge in [0.25, 0.3) is 0 Å². The second-order valence-electron chi connectivity index (χ2n) is 9.50. The number of aromatic nitrogens is 2. The van der Waals surface area contributed by atoms with Crippen molar-refractivity contribution < 1.29 is 10.2 Å². The molecule has 7 nitrogen and oxygen atoms in total. The first-order valence-corrected chi connectivity index (χ1v) is 11.5. The van der Waals surface area contributed by atoms with E-state index in [1.807, 2.05) is 24.3 Å². The van der Waals surface area contributed by atoms with Crippen molar-refractivity contribution in [2.24, 2.45) is 11.3 Å². The van der Waals surface area contributed by atoms with E-state index in [1.165, 1.54) is 0 Å². The molecule has 5 atom stereocenters. The predicted octanol–water partition coefficient (Wildman–Crippen LogP) is 2.55. The molecule has 1 aromatic carbocycles. The van der Waals surface area contributed by atoms with E-state index in [-0.39, 0.29) is 17.4 Å². The molecular weight excluding hydrogens is 426 g/mol. The van der Waals surface area contributed by atoms with Gasteiger partial charge in [0.15, 0.2) is 0 Å². The average Bonchev–Trinajstić information content (AvgIpc) is 3.27. The quantitative estimate of drug-likeness (QED) is 0.481. The van der Waals surface area contributed by atoms with Gasteiger partial charge in [0, 0.05) is 34.8 Å². The number of fused-ring (bicyclic) bond motifs is 3. The number of halogens is 1. The zero-order valence-electron chi connectivity index (χ0n) is 17.6. The highest BCUT2D eigenvalue weighted by Crippen LogP contribution is 2.67. The van der Waals surface area contributed by atoms with Gasteiger partial charge in [-0.25, -0.2) is 9.97 Å². The fourth-order valence-corrected chi connectivity index (χ4v) is 6.28. The normalized spacial score (nSPS) is 30.5. The van der Waals surface area contributed by atoms with E-state index in [9.17, 15) is 10.2 Å². The van der Waals surface area contributed by atoms with Gasteiger partial charge in [0.05, 0.1) is 22.7 Å². The lowest BCUT2D eigenvalue weighted by atomic mass is 9.91. The van der Waals surface area contributed by atoms with E-state index in [0.29, 0.717) is 10.8 Å². The molecule has 2 fully saturated rings.